The zero-order chi connectivity index (χ0) is 19.1. The Labute approximate surface area is 160 Å². The number of fused-ring (bicyclic) bond motifs is 1. The molecule has 27 heavy (non-hydrogen) atoms. The predicted octanol–water partition coefficient (Wildman–Crippen LogP) is 2.32. The highest BCUT2D eigenvalue weighted by Crippen LogP contribution is 2.64. The summed E-state index contributed by atoms with van der Waals surface area (Å²) in [7, 11) is 1.63. The van der Waals surface area contributed by atoms with Crippen LogP contribution in [0, 0.1) is 0 Å². The molecule has 0 aromatic heterocycles. The van der Waals surface area contributed by atoms with E-state index in [0.29, 0.717) is 37.6 Å². The number of aliphatic hydroxyl groups is 2. The molecule has 0 saturated heterocycles. The Morgan fingerprint density at radius 2 is 2.07 bits per heavy atom. The molecule has 2 N–H and O–H groups in total. The van der Waals surface area contributed by atoms with Gasteiger partial charge in [0.15, 0.2) is 18.3 Å². The molecule has 1 heterocycles. The number of methoxy groups -OCH3 is 1. The van der Waals surface area contributed by atoms with E-state index >= 15 is 0 Å². The van der Waals surface area contributed by atoms with Crippen LogP contribution >= 0.6 is 0 Å². The van der Waals surface area contributed by atoms with E-state index in [-0.39, 0.29) is 6.79 Å². The lowest BCUT2D eigenvalue weighted by atomic mass is 9.59. The Hall–Kier alpha value is -1.34. The third-order valence-electron chi connectivity index (χ3n) is 6.69. The number of benzene rings is 1. The fraction of sp³-hybridized carbons (Fsp3) is 0.714. The molecule has 2 fully saturated rings. The maximum absolute atomic E-state index is 11.6. The smallest absolute Gasteiger partial charge is 0.189 e. The molecule has 2 aliphatic carbocycles. The minimum absolute atomic E-state index is 0.106. The first kappa shape index (κ1) is 19.0. The lowest BCUT2D eigenvalue weighted by Gasteiger charge is -2.49. The summed E-state index contributed by atoms with van der Waals surface area (Å²) in [4.78, 5) is 0. The van der Waals surface area contributed by atoms with Crippen molar-refractivity contribution in [1.82, 2.24) is 0 Å². The van der Waals surface area contributed by atoms with Gasteiger partial charge in [-0.3, -0.25) is 0 Å². The first-order valence-electron chi connectivity index (χ1n) is 10.0. The summed E-state index contributed by atoms with van der Waals surface area (Å²) in [5.41, 5.74) is 0.846. The average Bonchev–Trinajstić information content (AvgIpc) is 3.21. The van der Waals surface area contributed by atoms with Crippen LogP contribution in [0.4, 0.5) is 0 Å². The second-order valence-corrected chi connectivity index (χ2v) is 7.94. The van der Waals surface area contributed by atoms with E-state index in [0.717, 1.165) is 36.8 Å². The molecule has 0 radical (unpaired) electrons. The van der Waals surface area contributed by atoms with E-state index in [1.54, 1.807) is 7.11 Å². The quantitative estimate of drug-likeness (QED) is 0.560. The molecule has 1 spiro atoms. The van der Waals surface area contributed by atoms with E-state index in [1.165, 1.54) is 0 Å². The van der Waals surface area contributed by atoms with Crippen LogP contribution in [0.15, 0.2) is 12.1 Å². The standard InChI is InChI=1S/C21H30O6/c1-3-14-5-6-16(26-13-25-12-11-24-2)18-17(14)21-9-4-8-20(21,23)10-7-15(22)19(21)27-18/h5-6,15,19,22-23H,3-4,7-13H2,1-2H3/t15-,19+,20+,21+/m1/s1. The van der Waals surface area contributed by atoms with Gasteiger partial charge in [-0.2, -0.15) is 0 Å². The molecule has 6 nitrogen and oxygen atoms in total. The van der Waals surface area contributed by atoms with Gasteiger partial charge in [-0.25, -0.2) is 0 Å². The van der Waals surface area contributed by atoms with Crippen LogP contribution in [0.2, 0.25) is 0 Å². The van der Waals surface area contributed by atoms with Gasteiger partial charge in [0.05, 0.1) is 30.3 Å². The molecule has 3 aliphatic rings. The molecule has 4 rings (SSSR count). The number of ether oxygens (including phenoxy) is 4. The van der Waals surface area contributed by atoms with Crippen LogP contribution < -0.4 is 9.47 Å². The van der Waals surface area contributed by atoms with Crippen LogP contribution in [-0.2, 0) is 21.3 Å². The SMILES string of the molecule is CCc1ccc(OCOCCOC)c2c1[C@]13CCC[C@]1(O)CC[C@@H](O)[C@@H]3O2. The highest BCUT2D eigenvalue weighted by atomic mass is 16.7. The van der Waals surface area contributed by atoms with Crippen molar-refractivity contribution < 1.29 is 29.2 Å². The maximum Gasteiger partial charge on any atom is 0.189 e. The van der Waals surface area contributed by atoms with Crippen molar-refractivity contribution in [2.45, 2.75) is 68.7 Å². The van der Waals surface area contributed by atoms with Gasteiger partial charge in [-0.05, 0) is 50.2 Å². The lowest BCUT2D eigenvalue weighted by Crippen LogP contribution is -2.61. The Kier molecular flexibility index (Phi) is 5.10. The normalized spacial score (nSPS) is 33.9. The summed E-state index contributed by atoms with van der Waals surface area (Å²) in [5.74, 6) is 1.29. The van der Waals surface area contributed by atoms with Crippen molar-refractivity contribution in [2.75, 3.05) is 27.1 Å². The van der Waals surface area contributed by atoms with E-state index in [4.69, 9.17) is 18.9 Å². The van der Waals surface area contributed by atoms with Gasteiger partial charge in [0, 0.05) is 12.7 Å². The summed E-state index contributed by atoms with van der Waals surface area (Å²) in [5, 5.41) is 22.3. The van der Waals surface area contributed by atoms with Crippen molar-refractivity contribution in [3.8, 4) is 11.5 Å². The van der Waals surface area contributed by atoms with Crippen LogP contribution in [-0.4, -0.2) is 55.1 Å². The van der Waals surface area contributed by atoms with Gasteiger partial charge in [0.25, 0.3) is 0 Å². The van der Waals surface area contributed by atoms with Gasteiger partial charge >= 0.3 is 0 Å². The summed E-state index contributed by atoms with van der Waals surface area (Å²) in [6.45, 7) is 3.19. The number of hydrogen-bond donors (Lipinski definition) is 2. The molecule has 1 aromatic carbocycles. The molecule has 1 aromatic rings. The Bertz CT molecular complexity index is 691. The molecular formula is C21H30O6. The lowest BCUT2D eigenvalue weighted by molar-refractivity contribution is -0.130. The van der Waals surface area contributed by atoms with Crippen molar-refractivity contribution in [2.24, 2.45) is 0 Å². The van der Waals surface area contributed by atoms with E-state index in [9.17, 15) is 10.2 Å². The van der Waals surface area contributed by atoms with E-state index < -0.39 is 23.2 Å². The van der Waals surface area contributed by atoms with Crippen molar-refractivity contribution >= 4 is 0 Å². The Morgan fingerprint density at radius 3 is 2.85 bits per heavy atom. The summed E-state index contributed by atoms with van der Waals surface area (Å²) >= 11 is 0. The minimum Gasteiger partial charge on any atom is -0.482 e. The Morgan fingerprint density at radius 1 is 1.22 bits per heavy atom. The van der Waals surface area contributed by atoms with Gasteiger partial charge in [0.1, 0.15) is 6.10 Å². The Balaban J connectivity index is 1.71. The van der Waals surface area contributed by atoms with E-state index in [2.05, 4.69) is 13.0 Å². The summed E-state index contributed by atoms with van der Waals surface area (Å²) in [6, 6.07) is 3.97. The number of hydrogen-bond acceptors (Lipinski definition) is 6. The van der Waals surface area contributed by atoms with Crippen LogP contribution in [0.25, 0.3) is 0 Å². The van der Waals surface area contributed by atoms with Crippen molar-refractivity contribution in [1.29, 1.82) is 0 Å². The molecular weight excluding hydrogens is 348 g/mol. The van der Waals surface area contributed by atoms with Gasteiger partial charge in [0.2, 0.25) is 0 Å². The van der Waals surface area contributed by atoms with Crippen LogP contribution in [0.1, 0.15) is 50.2 Å². The molecule has 0 amide bonds. The van der Waals surface area contributed by atoms with Crippen LogP contribution in [0.5, 0.6) is 11.5 Å². The highest BCUT2D eigenvalue weighted by Gasteiger charge is 2.68. The molecule has 0 bridgehead atoms. The maximum atomic E-state index is 11.6. The fourth-order valence-electron chi connectivity index (χ4n) is 5.47. The molecule has 1 aliphatic heterocycles. The largest absolute Gasteiger partial charge is 0.482 e. The number of aliphatic hydroxyl groups excluding tert-OH is 1. The number of rotatable bonds is 7. The van der Waals surface area contributed by atoms with Crippen molar-refractivity contribution in [3.05, 3.63) is 23.3 Å². The van der Waals surface area contributed by atoms with Gasteiger partial charge in [-0.15, -0.1) is 0 Å². The minimum atomic E-state index is -0.820. The average molecular weight is 378 g/mol. The summed E-state index contributed by atoms with van der Waals surface area (Å²) in [6.07, 6.45) is 3.56. The first-order chi connectivity index (χ1) is 13.1. The zero-order valence-electron chi connectivity index (χ0n) is 16.2. The predicted molar refractivity (Wildman–Crippen MR) is 99.3 cm³/mol. The number of aryl methyl sites for hydroxylation is 1. The third-order valence-corrected chi connectivity index (χ3v) is 6.69. The summed E-state index contributed by atoms with van der Waals surface area (Å²) < 4.78 is 22.6. The molecule has 2 saturated carbocycles. The van der Waals surface area contributed by atoms with Crippen molar-refractivity contribution in [3.63, 3.8) is 0 Å². The molecule has 150 valence electrons. The topological polar surface area (TPSA) is 77.4 Å². The first-order valence-corrected chi connectivity index (χ1v) is 10.0. The molecule has 6 heteroatoms. The monoisotopic (exact) mass is 378 g/mol. The second-order valence-electron chi connectivity index (χ2n) is 7.94. The zero-order valence-corrected chi connectivity index (χ0v) is 16.2. The second kappa shape index (κ2) is 7.24. The fourth-order valence-corrected chi connectivity index (χ4v) is 5.47. The third kappa shape index (κ3) is 2.77. The highest BCUT2D eigenvalue weighted by molar-refractivity contribution is 5.60. The van der Waals surface area contributed by atoms with E-state index in [1.807, 2.05) is 6.07 Å². The van der Waals surface area contributed by atoms with Crippen LogP contribution in [0.3, 0.4) is 0 Å². The molecule has 0 unspecified atom stereocenters. The van der Waals surface area contributed by atoms with Gasteiger partial charge in [-0.1, -0.05) is 13.0 Å². The van der Waals surface area contributed by atoms with Gasteiger partial charge < -0.3 is 29.2 Å². The molecule has 4 atom stereocenters.